The zero-order valence-corrected chi connectivity index (χ0v) is 12.7. The first-order valence-electron chi connectivity index (χ1n) is 6.82. The molecule has 0 atom stereocenters. The maximum Gasteiger partial charge on any atom is 0.260 e. The Morgan fingerprint density at radius 3 is 2.36 bits per heavy atom. The Balaban J connectivity index is 1.98. The van der Waals surface area contributed by atoms with Gasteiger partial charge >= 0.3 is 0 Å². The van der Waals surface area contributed by atoms with Gasteiger partial charge in [0, 0.05) is 10.7 Å². The van der Waals surface area contributed by atoms with E-state index in [9.17, 15) is 4.79 Å². The number of para-hydroxylation sites is 1. The van der Waals surface area contributed by atoms with Gasteiger partial charge in [0.2, 0.25) is 5.95 Å². The van der Waals surface area contributed by atoms with Gasteiger partial charge in [0.1, 0.15) is 0 Å². The van der Waals surface area contributed by atoms with E-state index in [1.54, 1.807) is 12.1 Å². The van der Waals surface area contributed by atoms with E-state index in [2.05, 4.69) is 15.3 Å². The summed E-state index contributed by atoms with van der Waals surface area (Å²) in [7, 11) is 0. The van der Waals surface area contributed by atoms with Gasteiger partial charge in [-0.15, -0.1) is 0 Å². The first kappa shape index (κ1) is 14.4. The monoisotopic (exact) mass is 311 g/mol. The van der Waals surface area contributed by atoms with Crippen molar-refractivity contribution in [2.45, 2.75) is 6.92 Å². The Labute approximate surface area is 132 Å². The summed E-state index contributed by atoms with van der Waals surface area (Å²) in [5.41, 5.74) is 2.68. The van der Waals surface area contributed by atoms with Crippen LogP contribution in [0.15, 0.2) is 59.4 Å². The topological polar surface area (TPSA) is 57.8 Å². The minimum absolute atomic E-state index is 0.187. The van der Waals surface area contributed by atoms with E-state index in [4.69, 9.17) is 11.6 Å². The summed E-state index contributed by atoms with van der Waals surface area (Å²) in [6.45, 7) is 1.81. The molecule has 0 aliphatic carbocycles. The number of H-pyrrole nitrogens is 1. The van der Waals surface area contributed by atoms with Crippen molar-refractivity contribution in [1.29, 1.82) is 0 Å². The highest BCUT2D eigenvalue weighted by molar-refractivity contribution is 6.30. The van der Waals surface area contributed by atoms with Gasteiger partial charge in [-0.3, -0.25) is 9.78 Å². The van der Waals surface area contributed by atoms with Crippen LogP contribution in [0, 0.1) is 6.92 Å². The first-order chi connectivity index (χ1) is 10.6. The van der Waals surface area contributed by atoms with Crippen LogP contribution in [0.3, 0.4) is 0 Å². The average Bonchev–Trinajstić information content (AvgIpc) is 2.49. The predicted molar refractivity (Wildman–Crippen MR) is 89.8 cm³/mol. The van der Waals surface area contributed by atoms with E-state index >= 15 is 0 Å². The number of benzene rings is 2. The lowest BCUT2D eigenvalue weighted by Gasteiger charge is -2.09. The largest absolute Gasteiger partial charge is 0.326 e. The maximum absolute atomic E-state index is 12.4. The third kappa shape index (κ3) is 3.02. The van der Waals surface area contributed by atoms with E-state index in [0.717, 1.165) is 11.3 Å². The van der Waals surface area contributed by atoms with Crippen LogP contribution < -0.4 is 10.9 Å². The summed E-state index contributed by atoms with van der Waals surface area (Å²) < 4.78 is 0. The van der Waals surface area contributed by atoms with Gasteiger partial charge in [0.05, 0.1) is 11.3 Å². The summed E-state index contributed by atoms with van der Waals surface area (Å²) in [6, 6.07) is 16.7. The standard InChI is InChI=1S/C17H14ClN3O/c1-11-15(12-7-9-13(18)10-8-12)16(22)21-17(19-11)20-14-5-3-2-4-6-14/h2-10H,1H3,(H2,19,20,21,22). The molecule has 110 valence electrons. The van der Waals surface area contributed by atoms with Crippen LogP contribution >= 0.6 is 11.6 Å². The number of aromatic nitrogens is 2. The fourth-order valence-corrected chi connectivity index (χ4v) is 2.39. The van der Waals surface area contributed by atoms with Gasteiger partial charge < -0.3 is 5.32 Å². The van der Waals surface area contributed by atoms with Crippen molar-refractivity contribution >= 4 is 23.2 Å². The molecule has 0 unspecified atom stereocenters. The number of nitrogens with zero attached hydrogens (tertiary/aromatic N) is 1. The van der Waals surface area contributed by atoms with Gasteiger partial charge in [-0.1, -0.05) is 41.9 Å². The first-order valence-corrected chi connectivity index (χ1v) is 7.20. The molecule has 0 amide bonds. The van der Waals surface area contributed by atoms with Gasteiger partial charge in [-0.05, 0) is 36.8 Å². The van der Waals surface area contributed by atoms with Crippen molar-refractivity contribution in [2.75, 3.05) is 5.32 Å². The summed E-state index contributed by atoms with van der Waals surface area (Å²) >= 11 is 5.88. The van der Waals surface area contributed by atoms with Crippen molar-refractivity contribution < 1.29 is 0 Å². The quantitative estimate of drug-likeness (QED) is 0.764. The molecule has 2 N–H and O–H groups in total. The number of hydrogen-bond acceptors (Lipinski definition) is 3. The molecular weight excluding hydrogens is 298 g/mol. The Bertz CT molecular complexity index is 842. The lowest BCUT2D eigenvalue weighted by atomic mass is 10.1. The fraction of sp³-hybridized carbons (Fsp3) is 0.0588. The Morgan fingerprint density at radius 2 is 1.73 bits per heavy atom. The smallest absolute Gasteiger partial charge is 0.260 e. The van der Waals surface area contributed by atoms with E-state index in [1.807, 2.05) is 49.4 Å². The highest BCUT2D eigenvalue weighted by atomic mass is 35.5. The van der Waals surface area contributed by atoms with Crippen LogP contribution in [0.4, 0.5) is 11.6 Å². The third-order valence-corrected chi connectivity index (χ3v) is 3.52. The minimum Gasteiger partial charge on any atom is -0.326 e. The molecule has 0 spiro atoms. The number of aryl methyl sites for hydroxylation is 1. The zero-order valence-electron chi connectivity index (χ0n) is 11.9. The zero-order chi connectivity index (χ0) is 15.5. The van der Waals surface area contributed by atoms with Crippen LogP contribution in [0.5, 0.6) is 0 Å². The number of halogens is 1. The third-order valence-electron chi connectivity index (χ3n) is 3.27. The van der Waals surface area contributed by atoms with Gasteiger partial charge in [0.15, 0.2) is 0 Å². The molecule has 3 aromatic rings. The van der Waals surface area contributed by atoms with Crippen LogP contribution in [0.1, 0.15) is 5.69 Å². The molecule has 0 fully saturated rings. The molecule has 4 nitrogen and oxygen atoms in total. The molecular formula is C17H14ClN3O. The maximum atomic E-state index is 12.4. The molecule has 22 heavy (non-hydrogen) atoms. The second-order valence-corrected chi connectivity index (χ2v) is 5.31. The number of rotatable bonds is 3. The molecule has 0 bridgehead atoms. The van der Waals surface area contributed by atoms with E-state index < -0.39 is 0 Å². The molecule has 3 rings (SSSR count). The number of hydrogen-bond donors (Lipinski definition) is 2. The normalized spacial score (nSPS) is 10.5. The SMILES string of the molecule is Cc1nc(Nc2ccccc2)[nH]c(=O)c1-c1ccc(Cl)cc1. The Kier molecular flexibility index (Phi) is 3.94. The summed E-state index contributed by atoms with van der Waals surface area (Å²) in [5, 5.41) is 3.72. The van der Waals surface area contributed by atoms with Crippen molar-refractivity contribution in [3.63, 3.8) is 0 Å². The van der Waals surface area contributed by atoms with Gasteiger partial charge in [-0.25, -0.2) is 4.98 Å². The molecule has 5 heteroatoms. The number of anilines is 2. The van der Waals surface area contributed by atoms with Crippen LogP contribution in [-0.4, -0.2) is 9.97 Å². The van der Waals surface area contributed by atoms with Gasteiger partial charge in [0.25, 0.3) is 5.56 Å². The molecule has 0 saturated heterocycles. The lowest BCUT2D eigenvalue weighted by molar-refractivity contribution is 1.07. The Morgan fingerprint density at radius 1 is 1.05 bits per heavy atom. The Hall–Kier alpha value is -2.59. The van der Waals surface area contributed by atoms with E-state index in [-0.39, 0.29) is 5.56 Å². The minimum atomic E-state index is -0.187. The fourth-order valence-electron chi connectivity index (χ4n) is 2.26. The van der Waals surface area contributed by atoms with Crippen molar-refractivity contribution in [3.05, 3.63) is 75.7 Å². The molecule has 2 aromatic carbocycles. The second-order valence-electron chi connectivity index (χ2n) is 4.87. The van der Waals surface area contributed by atoms with Crippen molar-refractivity contribution in [1.82, 2.24) is 9.97 Å². The molecule has 1 heterocycles. The molecule has 0 aliphatic rings. The van der Waals surface area contributed by atoms with Crippen molar-refractivity contribution in [3.8, 4) is 11.1 Å². The molecule has 0 saturated carbocycles. The van der Waals surface area contributed by atoms with Gasteiger partial charge in [-0.2, -0.15) is 0 Å². The second kappa shape index (κ2) is 6.03. The molecule has 1 aromatic heterocycles. The van der Waals surface area contributed by atoms with Crippen molar-refractivity contribution in [2.24, 2.45) is 0 Å². The summed E-state index contributed by atoms with van der Waals surface area (Å²) in [6.07, 6.45) is 0. The average molecular weight is 312 g/mol. The number of aromatic amines is 1. The summed E-state index contributed by atoms with van der Waals surface area (Å²) in [4.78, 5) is 19.6. The van der Waals surface area contributed by atoms with E-state index in [1.165, 1.54) is 0 Å². The number of nitrogens with one attached hydrogen (secondary N) is 2. The highest BCUT2D eigenvalue weighted by Crippen LogP contribution is 2.21. The van der Waals surface area contributed by atoms with Crippen LogP contribution in [0.25, 0.3) is 11.1 Å². The lowest BCUT2D eigenvalue weighted by Crippen LogP contribution is -2.15. The van der Waals surface area contributed by atoms with E-state index in [0.29, 0.717) is 22.2 Å². The predicted octanol–water partition coefficient (Wildman–Crippen LogP) is 4.14. The molecule has 0 radical (unpaired) electrons. The van der Waals surface area contributed by atoms with Crippen LogP contribution in [-0.2, 0) is 0 Å². The summed E-state index contributed by atoms with van der Waals surface area (Å²) in [5.74, 6) is 0.423. The highest BCUT2D eigenvalue weighted by Gasteiger charge is 2.10. The molecule has 0 aliphatic heterocycles. The van der Waals surface area contributed by atoms with Crippen LogP contribution in [0.2, 0.25) is 5.02 Å².